The number of fused-ring (bicyclic) bond motifs is 1. The van der Waals surface area contributed by atoms with Crippen LogP contribution in [0, 0.1) is 6.92 Å². The second-order valence-electron chi connectivity index (χ2n) is 5.41. The lowest BCUT2D eigenvalue weighted by Crippen LogP contribution is -1.98. The van der Waals surface area contributed by atoms with Crippen molar-refractivity contribution in [3.05, 3.63) is 59.2 Å². The average molecular weight is 303 g/mol. The molecule has 1 aliphatic heterocycles. The summed E-state index contributed by atoms with van der Waals surface area (Å²) in [6.07, 6.45) is 1.72. The van der Waals surface area contributed by atoms with Gasteiger partial charge in [-0.25, -0.2) is 0 Å². The van der Waals surface area contributed by atoms with Crippen LogP contribution in [0.25, 0.3) is 0 Å². The Hall–Kier alpha value is -1.67. The Morgan fingerprint density at radius 3 is 2.48 bits per heavy atom. The molecule has 1 aliphatic rings. The molecular formula is C18H19ClO2. The van der Waals surface area contributed by atoms with Crippen molar-refractivity contribution in [2.45, 2.75) is 25.1 Å². The van der Waals surface area contributed by atoms with Crippen LogP contribution >= 0.6 is 11.6 Å². The quantitative estimate of drug-likeness (QED) is 0.767. The lowest BCUT2D eigenvalue weighted by Gasteiger charge is -2.13. The SMILES string of the molecule is Cc1ccc(CC(Cl)c2ccc3c(c2)OCCCO3)cc1. The smallest absolute Gasteiger partial charge is 0.161 e. The van der Waals surface area contributed by atoms with E-state index in [2.05, 4.69) is 31.2 Å². The van der Waals surface area contributed by atoms with Crippen LogP contribution < -0.4 is 9.47 Å². The predicted molar refractivity (Wildman–Crippen MR) is 85.5 cm³/mol. The zero-order valence-electron chi connectivity index (χ0n) is 12.1. The van der Waals surface area contributed by atoms with E-state index in [1.807, 2.05) is 18.2 Å². The Balaban J connectivity index is 1.76. The molecule has 0 amide bonds. The number of halogens is 1. The molecule has 1 unspecified atom stereocenters. The van der Waals surface area contributed by atoms with Gasteiger partial charge in [0.2, 0.25) is 0 Å². The number of ether oxygens (including phenoxy) is 2. The summed E-state index contributed by atoms with van der Waals surface area (Å²) in [5.41, 5.74) is 3.58. The normalized spacial score (nSPS) is 15.3. The number of hydrogen-bond donors (Lipinski definition) is 0. The summed E-state index contributed by atoms with van der Waals surface area (Å²) < 4.78 is 11.4. The maximum Gasteiger partial charge on any atom is 0.161 e. The number of alkyl halides is 1. The minimum Gasteiger partial charge on any atom is -0.490 e. The summed E-state index contributed by atoms with van der Waals surface area (Å²) in [4.78, 5) is 0. The Bertz CT molecular complexity index is 607. The van der Waals surface area contributed by atoms with Crippen LogP contribution in [-0.2, 0) is 6.42 Å². The molecule has 0 fully saturated rings. The highest BCUT2D eigenvalue weighted by atomic mass is 35.5. The van der Waals surface area contributed by atoms with Crippen LogP contribution in [0.3, 0.4) is 0 Å². The molecule has 0 spiro atoms. The second kappa shape index (κ2) is 6.40. The van der Waals surface area contributed by atoms with E-state index < -0.39 is 0 Å². The molecular weight excluding hydrogens is 284 g/mol. The molecule has 1 heterocycles. The molecule has 0 radical (unpaired) electrons. The number of hydrogen-bond acceptors (Lipinski definition) is 2. The molecule has 1 atom stereocenters. The van der Waals surface area contributed by atoms with Gasteiger partial charge >= 0.3 is 0 Å². The van der Waals surface area contributed by atoms with Gasteiger partial charge in [0.25, 0.3) is 0 Å². The molecule has 0 aliphatic carbocycles. The van der Waals surface area contributed by atoms with E-state index >= 15 is 0 Å². The first-order valence-electron chi connectivity index (χ1n) is 7.31. The maximum absolute atomic E-state index is 6.57. The van der Waals surface area contributed by atoms with E-state index in [4.69, 9.17) is 21.1 Å². The van der Waals surface area contributed by atoms with Crippen molar-refractivity contribution in [2.24, 2.45) is 0 Å². The zero-order valence-corrected chi connectivity index (χ0v) is 12.9. The van der Waals surface area contributed by atoms with Crippen LogP contribution in [0.15, 0.2) is 42.5 Å². The van der Waals surface area contributed by atoms with E-state index in [0.717, 1.165) is 29.9 Å². The molecule has 110 valence electrons. The average Bonchev–Trinajstić information content (AvgIpc) is 2.74. The van der Waals surface area contributed by atoms with Crippen molar-refractivity contribution in [1.29, 1.82) is 0 Å². The number of aryl methyl sites for hydroxylation is 1. The third kappa shape index (κ3) is 3.51. The molecule has 0 aromatic heterocycles. The standard InChI is InChI=1S/C18H19ClO2/c1-13-3-5-14(6-4-13)11-16(19)15-7-8-17-18(12-15)21-10-2-9-20-17/h3-8,12,16H,2,9-11H2,1H3. The molecule has 2 aromatic carbocycles. The lowest BCUT2D eigenvalue weighted by molar-refractivity contribution is 0.297. The highest BCUT2D eigenvalue weighted by Crippen LogP contribution is 2.35. The third-order valence-electron chi connectivity index (χ3n) is 3.67. The number of benzene rings is 2. The van der Waals surface area contributed by atoms with Gasteiger partial charge in [-0.3, -0.25) is 0 Å². The first-order chi connectivity index (χ1) is 10.2. The Morgan fingerprint density at radius 1 is 1.00 bits per heavy atom. The summed E-state index contributed by atoms with van der Waals surface area (Å²) in [6.45, 7) is 3.49. The minimum atomic E-state index is -0.0649. The topological polar surface area (TPSA) is 18.5 Å². The molecule has 2 aromatic rings. The van der Waals surface area contributed by atoms with Crippen molar-refractivity contribution >= 4 is 11.6 Å². The largest absolute Gasteiger partial charge is 0.490 e. The van der Waals surface area contributed by atoms with Gasteiger partial charge in [-0.15, -0.1) is 11.6 Å². The molecule has 0 N–H and O–H groups in total. The molecule has 0 saturated heterocycles. The van der Waals surface area contributed by atoms with Crippen LogP contribution in [0.4, 0.5) is 0 Å². The van der Waals surface area contributed by atoms with Crippen LogP contribution in [-0.4, -0.2) is 13.2 Å². The van der Waals surface area contributed by atoms with E-state index in [1.54, 1.807) is 0 Å². The van der Waals surface area contributed by atoms with Crippen molar-refractivity contribution in [1.82, 2.24) is 0 Å². The minimum absolute atomic E-state index is 0.0649. The monoisotopic (exact) mass is 302 g/mol. The zero-order chi connectivity index (χ0) is 14.7. The summed E-state index contributed by atoms with van der Waals surface area (Å²) in [6, 6.07) is 14.5. The van der Waals surface area contributed by atoms with E-state index in [0.29, 0.717) is 13.2 Å². The van der Waals surface area contributed by atoms with Crippen molar-refractivity contribution in [3.63, 3.8) is 0 Å². The molecule has 3 heteroatoms. The lowest BCUT2D eigenvalue weighted by atomic mass is 10.0. The summed E-state index contributed by atoms with van der Waals surface area (Å²) >= 11 is 6.57. The first kappa shape index (κ1) is 14.3. The highest BCUT2D eigenvalue weighted by molar-refractivity contribution is 6.21. The Kier molecular flexibility index (Phi) is 4.35. The van der Waals surface area contributed by atoms with Gasteiger partial charge in [-0.2, -0.15) is 0 Å². The van der Waals surface area contributed by atoms with Gasteiger partial charge in [0.05, 0.1) is 18.6 Å². The third-order valence-corrected chi connectivity index (χ3v) is 4.08. The summed E-state index contributed by atoms with van der Waals surface area (Å²) in [5.74, 6) is 1.62. The molecule has 21 heavy (non-hydrogen) atoms. The molecule has 3 rings (SSSR count). The highest BCUT2D eigenvalue weighted by Gasteiger charge is 2.15. The van der Waals surface area contributed by atoms with Gasteiger partial charge in [0.15, 0.2) is 11.5 Å². The Labute approximate surface area is 130 Å². The van der Waals surface area contributed by atoms with Crippen molar-refractivity contribution < 1.29 is 9.47 Å². The maximum atomic E-state index is 6.57. The number of rotatable bonds is 3. The fourth-order valence-electron chi connectivity index (χ4n) is 2.42. The van der Waals surface area contributed by atoms with Crippen molar-refractivity contribution in [3.8, 4) is 11.5 Å². The fourth-order valence-corrected chi connectivity index (χ4v) is 2.74. The van der Waals surface area contributed by atoms with Crippen LogP contribution in [0.2, 0.25) is 0 Å². The summed E-state index contributed by atoms with van der Waals surface area (Å²) in [7, 11) is 0. The molecule has 0 bridgehead atoms. The fraction of sp³-hybridized carbons (Fsp3) is 0.333. The van der Waals surface area contributed by atoms with E-state index in [-0.39, 0.29) is 5.38 Å². The molecule has 2 nitrogen and oxygen atoms in total. The Morgan fingerprint density at radius 2 is 1.71 bits per heavy atom. The van der Waals surface area contributed by atoms with Crippen LogP contribution in [0.5, 0.6) is 11.5 Å². The van der Waals surface area contributed by atoms with Gasteiger partial charge in [0, 0.05) is 6.42 Å². The molecule has 0 saturated carbocycles. The van der Waals surface area contributed by atoms with Crippen LogP contribution in [0.1, 0.15) is 28.5 Å². The van der Waals surface area contributed by atoms with E-state index in [9.17, 15) is 0 Å². The first-order valence-corrected chi connectivity index (χ1v) is 7.75. The van der Waals surface area contributed by atoms with Crippen molar-refractivity contribution in [2.75, 3.05) is 13.2 Å². The van der Waals surface area contributed by atoms with E-state index in [1.165, 1.54) is 11.1 Å². The van der Waals surface area contributed by atoms with Gasteiger partial charge in [-0.1, -0.05) is 35.9 Å². The predicted octanol–water partition coefficient (Wildman–Crippen LogP) is 4.68. The van der Waals surface area contributed by atoms with Gasteiger partial charge < -0.3 is 9.47 Å². The van der Waals surface area contributed by atoms with Gasteiger partial charge in [0.1, 0.15) is 0 Å². The second-order valence-corrected chi connectivity index (χ2v) is 5.94. The summed E-state index contributed by atoms with van der Waals surface area (Å²) in [5, 5.41) is -0.0649. The van der Waals surface area contributed by atoms with Gasteiger partial charge in [-0.05, 0) is 36.6 Å².